The van der Waals surface area contributed by atoms with Crippen molar-refractivity contribution in [2.75, 3.05) is 0 Å². The number of fused-ring (bicyclic) bond motifs is 1. The number of rotatable bonds is 3. The first-order chi connectivity index (χ1) is 8.93. The van der Waals surface area contributed by atoms with Crippen molar-refractivity contribution in [1.82, 2.24) is 10.3 Å². The third-order valence-electron chi connectivity index (χ3n) is 3.33. The minimum atomic E-state index is -0.291. The average Bonchev–Trinajstić information content (AvgIpc) is 2.37. The van der Waals surface area contributed by atoms with Crippen LogP contribution in [0, 0.1) is 0 Å². The number of aromatic nitrogens is 1. The maximum Gasteiger partial charge on any atom is 0.252 e. The van der Waals surface area contributed by atoms with Crippen LogP contribution in [-0.2, 0) is 0 Å². The summed E-state index contributed by atoms with van der Waals surface area (Å²) in [5.41, 5.74) is 0.536. The molecule has 0 saturated heterocycles. The fourth-order valence-electron chi connectivity index (χ4n) is 1.86. The second kappa shape index (κ2) is 4.88. The normalized spacial score (nSPS) is 11.5. The van der Waals surface area contributed by atoms with E-state index in [2.05, 4.69) is 10.3 Å². The Morgan fingerprint density at radius 1 is 1.32 bits per heavy atom. The lowest BCUT2D eigenvalue weighted by Crippen LogP contribution is -2.43. The summed E-state index contributed by atoms with van der Waals surface area (Å²) in [5, 5.41) is 3.71. The summed E-state index contributed by atoms with van der Waals surface area (Å²) in [5.74, 6) is -0.214. The summed E-state index contributed by atoms with van der Waals surface area (Å²) in [6.45, 7) is 5.93. The molecule has 0 spiro atoms. The van der Waals surface area contributed by atoms with Gasteiger partial charge in [0, 0.05) is 22.5 Å². The third-order valence-corrected chi connectivity index (χ3v) is 3.33. The van der Waals surface area contributed by atoms with Crippen molar-refractivity contribution < 1.29 is 4.79 Å². The molecule has 0 fully saturated rings. The number of para-hydroxylation sites is 1. The van der Waals surface area contributed by atoms with E-state index < -0.39 is 0 Å². The van der Waals surface area contributed by atoms with E-state index in [4.69, 9.17) is 0 Å². The number of H-pyrrole nitrogens is 1. The van der Waals surface area contributed by atoms with Crippen LogP contribution in [0.4, 0.5) is 0 Å². The Morgan fingerprint density at radius 3 is 2.68 bits per heavy atom. The van der Waals surface area contributed by atoms with Crippen LogP contribution < -0.4 is 10.9 Å². The number of aromatic amines is 1. The van der Waals surface area contributed by atoms with Gasteiger partial charge in [0.1, 0.15) is 0 Å². The van der Waals surface area contributed by atoms with Crippen LogP contribution >= 0.6 is 0 Å². The summed E-state index contributed by atoms with van der Waals surface area (Å²) in [4.78, 5) is 26.7. The van der Waals surface area contributed by atoms with Crippen LogP contribution in [0.3, 0.4) is 0 Å². The van der Waals surface area contributed by atoms with Crippen LogP contribution in [0.2, 0.25) is 0 Å². The van der Waals surface area contributed by atoms with E-state index in [1.807, 2.05) is 39.0 Å². The molecule has 0 radical (unpaired) electrons. The molecule has 0 saturated carbocycles. The molecule has 0 unspecified atom stereocenters. The van der Waals surface area contributed by atoms with E-state index in [1.54, 1.807) is 6.07 Å². The predicted molar refractivity (Wildman–Crippen MR) is 76.4 cm³/mol. The Labute approximate surface area is 111 Å². The van der Waals surface area contributed by atoms with E-state index in [-0.39, 0.29) is 17.0 Å². The van der Waals surface area contributed by atoms with Crippen LogP contribution in [0.1, 0.15) is 37.6 Å². The molecule has 1 aromatic carbocycles. The highest BCUT2D eigenvalue weighted by Crippen LogP contribution is 2.16. The predicted octanol–water partition coefficient (Wildman–Crippen LogP) is 2.45. The fraction of sp³-hybridized carbons (Fsp3) is 0.333. The lowest BCUT2D eigenvalue weighted by Gasteiger charge is -2.24. The number of hydrogen-bond acceptors (Lipinski definition) is 2. The Kier molecular flexibility index (Phi) is 3.42. The van der Waals surface area contributed by atoms with Crippen LogP contribution in [0.5, 0.6) is 0 Å². The molecule has 2 N–H and O–H groups in total. The fourth-order valence-corrected chi connectivity index (χ4v) is 1.86. The first kappa shape index (κ1) is 13.3. The zero-order valence-corrected chi connectivity index (χ0v) is 11.4. The number of pyridine rings is 1. The second-order valence-electron chi connectivity index (χ2n) is 5.28. The Morgan fingerprint density at radius 2 is 2.00 bits per heavy atom. The van der Waals surface area contributed by atoms with Crippen molar-refractivity contribution in [1.29, 1.82) is 0 Å². The molecule has 0 aliphatic carbocycles. The van der Waals surface area contributed by atoms with Crippen molar-refractivity contribution in [2.24, 2.45) is 0 Å². The molecule has 0 atom stereocenters. The summed E-state index contributed by atoms with van der Waals surface area (Å²) >= 11 is 0. The number of amides is 1. The molecule has 1 amide bonds. The van der Waals surface area contributed by atoms with Gasteiger partial charge in [-0.3, -0.25) is 9.59 Å². The van der Waals surface area contributed by atoms with Crippen molar-refractivity contribution >= 4 is 16.8 Å². The Balaban J connectivity index is 2.50. The Bertz CT molecular complexity index is 671. The van der Waals surface area contributed by atoms with Crippen LogP contribution in [0.15, 0.2) is 35.1 Å². The standard InChI is InChI=1S/C15H18N2O2/c1-4-15(2,3)17-14(19)11-9-13(18)16-12-8-6-5-7-10(11)12/h5-9H,4H2,1-3H3,(H,16,18)(H,17,19). The number of carbonyl (C=O) groups is 1. The maximum atomic E-state index is 12.3. The Hall–Kier alpha value is -2.10. The van der Waals surface area contributed by atoms with Gasteiger partial charge in [-0.1, -0.05) is 25.1 Å². The highest BCUT2D eigenvalue weighted by molar-refractivity contribution is 6.06. The van der Waals surface area contributed by atoms with Gasteiger partial charge < -0.3 is 10.3 Å². The average molecular weight is 258 g/mol. The first-order valence-corrected chi connectivity index (χ1v) is 6.37. The second-order valence-corrected chi connectivity index (χ2v) is 5.28. The monoisotopic (exact) mass is 258 g/mol. The maximum absolute atomic E-state index is 12.3. The van der Waals surface area contributed by atoms with Crippen molar-refractivity contribution in [3.63, 3.8) is 0 Å². The van der Waals surface area contributed by atoms with Gasteiger partial charge in [-0.25, -0.2) is 0 Å². The molecule has 100 valence electrons. The van der Waals surface area contributed by atoms with E-state index in [0.29, 0.717) is 11.1 Å². The number of benzene rings is 1. The lowest BCUT2D eigenvalue weighted by atomic mass is 10.0. The van der Waals surface area contributed by atoms with E-state index in [0.717, 1.165) is 11.8 Å². The molecule has 2 rings (SSSR count). The first-order valence-electron chi connectivity index (χ1n) is 6.37. The van der Waals surface area contributed by atoms with Crippen LogP contribution in [-0.4, -0.2) is 16.4 Å². The van der Waals surface area contributed by atoms with Gasteiger partial charge >= 0.3 is 0 Å². The number of nitrogens with one attached hydrogen (secondary N) is 2. The van der Waals surface area contributed by atoms with Crippen molar-refractivity contribution in [2.45, 2.75) is 32.7 Å². The molecular formula is C15H18N2O2. The quantitative estimate of drug-likeness (QED) is 0.888. The van der Waals surface area contributed by atoms with Gasteiger partial charge in [-0.15, -0.1) is 0 Å². The number of carbonyl (C=O) groups excluding carboxylic acids is 1. The van der Waals surface area contributed by atoms with Crippen molar-refractivity contribution in [3.8, 4) is 0 Å². The van der Waals surface area contributed by atoms with Crippen molar-refractivity contribution in [3.05, 3.63) is 46.2 Å². The third kappa shape index (κ3) is 2.84. The van der Waals surface area contributed by atoms with Gasteiger partial charge in [-0.05, 0) is 26.3 Å². The topological polar surface area (TPSA) is 62.0 Å². The molecule has 1 heterocycles. The van der Waals surface area contributed by atoms with Gasteiger partial charge in [-0.2, -0.15) is 0 Å². The lowest BCUT2D eigenvalue weighted by molar-refractivity contribution is 0.0913. The molecule has 4 nitrogen and oxygen atoms in total. The summed E-state index contributed by atoms with van der Waals surface area (Å²) in [7, 11) is 0. The van der Waals surface area contributed by atoms with E-state index in [9.17, 15) is 9.59 Å². The van der Waals surface area contributed by atoms with Crippen LogP contribution in [0.25, 0.3) is 10.9 Å². The molecule has 0 bridgehead atoms. The van der Waals surface area contributed by atoms with E-state index >= 15 is 0 Å². The van der Waals surface area contributed by atoms with E-state index in [1.165, 1.54) is 6.07 Å². The highest BCUT2D eigenvalue weighted by Gasteiger charge is 2.20. The molecule has 19 heavy (non-hydrogen) atoms. The van der Waals surface area contributed by atoms with Gasteiger partial charge in [0.25, 0.3) is 5.91 Å². The molecule has 4 heteroatoms. The summed E-state index contributed by atoms with van der Waals surface area (Å²) < 4.78 is 0. The summed E-state index contributed by atoms with van der Waals surface area (Å²) in [6, 6.07) is 8.65. The smallest absolute Gasteiger partial charge is 0.252 e. The SMILES string of the molecule is CCC(C)(C)NC(=O)c1cc(=O)[nH]c2ccccc12. The van der Waals surface area contributed by atoms with Gasteiger partial charge in [0.05, 0.1) is 5.56 Å². The molecule has 0 aliphatic heterocycles. The molecule has 2 aromatic rings. The zero-order valence-electron chi connectivity index (χ0n) is 11.4. The minimum Gasteiger partial charge on any atom is -0.347 e. The molecular weight excluding hydrogens is 240 g/mol. The largest absolute Gasteiger partial charge is 0.347 e. The van der Waals surface area contributed by atoms with Gasteiger partial charge in [0.15, 0.2) is 0 Å². The molecule has 1 aromatic heterocycles. The number of hydrogen-bond donors (Lipinski definition) is 2. The highest BCUT2D eigenvalue weighted by atomic mass is 16.2. The minimum absolute atomic E-state index is 0.214. The zero-order chi connectivity index (χ0) is 14.0. The molecule has 0 aliphatic rings. The summed E-state index contributed by atoms with van der Waals surface area (Å²) in [6.07, 6.45) is 0.819. The van der Waals surface area contributed by atoms with Gasteiger partial charge in [0.2, 0.25) is 5.56 Å².